The zero-order chi connectivity index (χ0) is 9.84. The fourth-order valence-electron chi connectivity index (χ4n) is 1.01. The fourth-order valence-corrected chi connectivity index (χ4v) is 1.33. The Labute approximate surface area is 82.5 Å². The number of hydrogen-bond acceptors (Lipinski definition) is 3. The van der Waals surface area contributed by atoms with E-state index in [1.165, 1.54) is 0 Å². The summed E-state index contributed by atoms with van der Waals surface area (Å²) in [5.74, 6) is -0.538. The van der Waals surface area contributed by atoms with Gasteiger partial charge in [0.1, 0.15) is 0 Å². The van der Waals surface area contributed by atoms with Crippen molar-refractivity contribution in [1.82, 2.24) is 0 Å². The summed E-state index contributed by atoms with van der Waals surface area (Å²) in [4.78, 5) is 10.8. The monoisotopic (exact) mass is 196 g/mol. The van der Waals surface area contributed by atoms with Gasteiger partial charge in [-0.3, -0.25) is 4.79 Å². The Morgan fingerprint density at radius 1 is 1.31 bits per heavy atom. The highest BCUT2D eigenvalue weighted by molar-refractivity contribution is 7.80. The molecular formula is C9H12N2OS. The van der Waals surface area contributed by atoms with Crippen LogP contribution >= 0.6 is 12.6 Å². The molecule has 4 heteroatoms. The molecule has 0 spiro atoms. The summed E-state index contributed by atoms with van der Waals surface area (Å²) in [6.45, 7) is 0. The molecule has 1 rings (SSSR count). The second-order valence-corrected chi connectivity index (χ2v) is 3.34. The third kappa shape index (κ3) is 2.47. The van der Waals surface area contributed by atoms with Gasteiger partial charge in [-0.15, -0.1) is 0 Å². The lowest BCUT2D eigenvalue weighted by molar-refractivity contribution is -0.119. The van der Waals surface area contributed by atoms with Crippen LogP contribution in [0.3, 0.4) is 0 Å². The number of carbonyl (C=O) groups is 1. The van der Waals surface area contributed by atoms with Crippen LogP contribution in [0.2, 0.25) is 0 Å². The SMILES string of the molecule is NC(=O)C(N)[C@H](S)c1ccccc1. The average Bonchev–Trinajstić information content (AvgIpc) is 2.17. The zero-order valence-corrected chi connectivity index (χ0v) is 7.95. The van der Waals surface area contributed by atoms with E-state index in [1.54, 1.807) is 0 Å². The number of amides is 1. The van der Waals surface area contributed by atoms with Crippen LogP contribution in [-0.2, 0) is 4.79 Å². The molecule has 1 unspecified atom stereocenters. The summed E-state index contributed by atoms with van der Waals surface area (Å²) in [7, 11) is 0. The molecule has 4 N–H and O–H groups in total. The number of nitrogens with two attached hydrogens (primary N) is 2. The average molecular weight is 196 g/mol. The van der Waals surface area contributed by atoms with Gasteiger partial charge >= 0.3 is 0 Å². The fraction of sp³-hybridized carbons (Fsp3) is 0.222. The lowest BCUT2D eigenvalue weighted by atomic mass is 10.1. The van der Waals surface area contributed by atoms with Crippen LogP contribution in [0.25, 0.3) is 0 Å². The van der Waals surface area contributed by atoms with Crippen molar-refractivity contribution >= 4 is 18.5 Å². The normalized spacial score (nSPS) is 14.9. The molecule has 13 heavy (non-hydrogen) atoms. The van der Waals surface area contributed by atoms with E-state index in [4.69, 9.17) is 11.5 Å². The third-order valence-electron chi connectivity index (χ3n) is 1.81. The second kappa shape index (κ2) is 4.30. The molecule has 0 aliphatic heterocycles. The van der Waals surface area contributed by atoms with E-state index in [-0.39, 0.29) is 5.25 Å². The highest BCUT2D eigenvalue weighted by Crippen LogP contribution is 2.21. The summed E-state index contributed by atoms with van der Waals surface area (Å²) >= 11 is 4.23. The number of hydrogen-bond donors (Lipinski definition) is 3. The van der Waals surface area contributed by atoms with E-state index in [9.17, 15) is 4.79 Å². The van der Waals surface area contributed by atoms with Crippen molar-refractivity contribution in [2.45, 2.75) is 11.3 Å². The highest BCUT2D eigenvalue weighted by Gasteiger charge is 2.19. The number of thiol groups is 1. The zero-order valence-electron chi connectivity index (χ0n) is 7.05. The Morgan fingerprint density at radius 2 is 1.85 bits per heavy atom. The molecule has 0 fully saturated rings. The minimum Gasteiger partial charge on any atom is -0.368 e. The summed E-state index contributed by atoms with van der Waals surface area (Å²) in [6, 6.07) is 8.60. The maximum absolute atomic E-state index is 10.8. The van der Waals surface area contributed by atoms with Crippen LogP contribution in [0.15, 0.2) is 30.3 Å². The molecule has 0 saturated heterocycles. The van der Waals surface area contributed by atoms with Crippen LogP contribution in [0.4, 0.5) is 0 Å². The van der Waals surface area contributed by atoms with Gasteiger partial charge in [0.05, 0.1) is 11.3 Å². The summed E-state index contributed by atoms with van der Waals surface area (Å²) in [5, 5.41) is -0.335. The molecule has 0 aliphatic rings. The van der Waals surface area contributed by atoms with Gasteiger partial charge in [0.15, 0.2) is 0 Å². The van der Waals surface area contributed by atoms with Crippen LogP contribution in [0, 0.1) is 0 Å². The maximum Gasteiger partial charge on any atom is 0.235 e. The Bertz CT molecular complexity index is 289. The molecule has 2 atom stereocenters. The van der Waals surface area contributed by atoms with Crippen LogP contribution in [0.1, 0.15) is 10.8 Å². The molecule has 0 aromatic heterocycles. The van der Waals surface area contributed by atoms with E-state index < -0.39 is 11.9 Å². The topological polar surface area (TPSA) is 69.1 Å². The van der Waals surface area contributed by atoms with Gasteiger partial charge in [-0.25, -0.2) is 0 Å². The molecule has 1 amide bonds. The number of rotatable bonds is 3. The van der Waals surface area contributed by atoms with Crippen molar-refractivity contribution in [1.29, 1.82) is 0 Å². The van der Waals surface area contributed by atoms with Crippen molar-refractivity contribution in [3.8, 4) is 0 Å². The Kier molecular flexibility index (Phi) is 3.33. The van der Waals surface area contributed by atoms with E-state index in [1.807, 2.05) is 30.3 Å². The first kappa shape index (κ1) is 10.1. The third-order valence-corrected chi connectivity index (χ3v) is 2.43. The summed E-state index contributed by atoms with van der Waals surface area (Å²) in [6.07, 6.45) is 0. The van der Waals surface area contributed by atoms with Crippen molar-refractivity contribution in [2.75, 3.05) is 0 Å². The van der Waals surface area contributed by atoms with Gasteiger partial charge in [0.25, 0.3) is 0 Å². The molecule has 3 nitrogen and oxygen atoms in total. The van der Waals surface area contributed by atoms with E-state index >= 15 is 0 Å². The summed E-state index contributed by atoms with van der Waals surface area (Å²) < 4.78 is 0. The largest absolute Gasteiger partial charge is 0.368 e. The van der Waals surface area contributed by atoms with Crippen molar-refractivity contribution in [3.63, 3.8) is 0 Å². The smallest absolute Gasteiger partial charge is 0.235 e. The van der Waals surface area contributed by atoms with Crippen molar-refractivity contribution in [2.24, 2.45) is 11.5 Å². The molecule has 0 bridgehead atoms. The van der Waals surface area contributed by atoms with Gasteiger partial charge in [-0.05, 0) is 5.56 Å². The number of primary amides is 1. The molecule has 0 aliphatic carbocycles. The first-order chi connectivity index (χ1) is 6.13. The Hall–Kier alpha value is -1.00. The Balaban J connectivity index is 2.79. The summed E-state index contributed by atoms with van der Waals surface area (Å²) in [5.41, 5.74) is 11.5. The van der Waals surface area contributed by atoms with Gasteiger partial charge in [0.2, 0.25) is 5.91 Å². The van der Waals surface area contributed by atoms with Crippen molar-refractivity contribution < 1.29 is 4.79 Å². The van der Waals surface area contributed by atoms with Gasteiger partial charge in [-0.2, -0.15) is 12.6 Å². The van der Waals surface area contributed by atoms with E-state index in [2.05, 4.69) is 12.6 Å². The predicted octanol–water partition coefficient (Wildman–Crippen LogP) is 0.470. The molecule has 70 valence electrons. The van der Waals surface area contributed by atoms with Crippen molar-refractivity contribution in [3.05, 3.63) is 35.9 Å². The maximum atomic E-state index is 10.8. The van der Waals surface area contributed by atoms with Crippen LogP contribution < -0.4 is 11.5 Å². The minimum atomic E-state index is -0.745. The first-order valence-electron chi connectivity index (χ1n) is 3.91. The number of carbonyl (C=O) groups excluding carboxylic acids is 1. The second-order valence-electron chi connectivity index (χ2n) is 2.78. The van der Waals surface area contributed by atoms with Gasteiger partial charge in [0, 0.05) is 0 Å². The molecular weight excluding hydrogens is 184 g/mol. The Morgan fingerprint density at radius 3 is 2.31 bits per heavy atom. The van der Waals surface area contributed by atoms with E-state index in [0.29, 0.717) is 0 Å². The van der Waals surface area contributed by atoms with Gasteiger partial charge in [-0.1, -0.05) is 30.3 Å². The molecule has 0 radical (unpaired) electrons. The van der Waals surface area contributed by atoms with Crippen LogP contribution in [-0.4, -0.2) is 11.9 Å². The predicted molar refractivity (Wildman–Crippen MR) is 55.3 cm³/mol. The molecule has 0 heterocycles. The lowest BCUT2D eigenvalue weighted by Crippen LogP contribution is -2.39. The standard InChI is InChI=1S/C9H12N2OS/c10-7(9(11)12)8(13)6-4-2-1-3-5-6/h1-5,7-8,13H,10H2,(H2,11,12)/t7?,8-/m1/s1. The lowest BCUT2D eigenvalue weighted by Gasteiger charge is -2.15. The molecule has 0 saturated carbocycles. The quantitative estimate of drug-likeness (QED) is 0.615. The first-order valence-corrected chi connectivity index (χ1v) is 4.42. The molecule has 1 aromatic carbocycles. The number of benzene rings is 1. The molecule has 1 aromatic rings. The minimum absolute atomic E-state index is 0.335. The van der Waals surface area contributed by atoms with Crippen LogP contribution in [0.5, 0.6) is 0 Å². The highest BCUT2D eigenvalue weighted by atomic mass is 32.1. The van der Waals surface area contributed by atoms with Gasteiger partial charge < -0.3 is 11.5 Å². The van der Waals surface area contributed by atoms with E-state index in [0.717, 1.165) is 5.56 Å².